The summed E-state index contributed by atoms with van der Waals surface area (Å²) in [5.74, 6) is -0.136. The minimum atomic E-state index is -0.515. The number of hydrogen-bond donors (Lipinski definition) is 1. The molecule has 1 fully saturated rings. The van der Waals surface area contributed by atoms with Crippen molar-refractivity contribution in [3.05, 3.63) is 0 Å². The monoisotopic (exact) mass is 229 g/mol. The van der Waals surface area contributed by atoms with E-state index in [0.29, 0.717) is 6.42 Å². The van der Waals surface area contributed by atoms with Crippen molar-refractivity contribution in [3.8, 4) is 0 Å². The molecule has 1 N–H and O–H groups in total. The summed E-state index contributed by atoms with van der Waals surface area (Å²) in [5.41, 5.74) is -0.515. The van der Waals surface area contributed by atoms with Crippen LogP contribution in [0.5, 0.6) is 0 Å². The number of cyclic esters (lactones) is 1. The van der Waals surface area contributed by atoms with Gasteiger partial charge in [0.1, 0.15) is 12.2 Å². The Bertz CT molecular complexity index is 282. The van der Waals surface area contributed by atoms with Crippen LogP contribution in [0.15, 0.2) is 0 Å². The SMILES string of the molecule is C[C@@H]1CC(=O)OC[C@H]1NC(=O)OC(C)(C)C. The topological polar surface area (TPSA) is 64.6 Å². The van der Waals surface area contributed by atoms with Gasteiger partial charge in [0.25, 0.3) is 0 Å². The van der Waals surface area contributed by atoms with Gasteiger partial charge in [0.2, 0.25) is 0 Å². The summed E-state index contributed by atoms with van der Waals surface area (Å²) in [7, 11) is 0. The number of hydrogen-bond acceptors (Lipinski definition) is 4. The molecule has 92 valence electrons. The Labute approximate surface area is 95.5 Å². The quantitative estimate of drug-likeness (QED) is 0.691. The van der Waals surface area contributed by atoms with Crippen LogP contribution in [0.25, 0.3) is 0 Å². The summed E-state index contributed by atoms with van der Waals surface area (Å²) in [5, 5.41) is 2.71. The van der Waals surface area contributed by atoms with Crippen LogP contribution >= 0.6 is 0 Å². The molecule has 0 saturated carbocycles. The third-order valence-electron chi connectivity index (χ3n) is 2.30. The first-order valence-corrected chi connectivity index (χ1v) is 5.43. The van der Waals surface area contributed by atoms with Crippen molar-refractivity contribution < 1.29 is 19.1 Å². The number of nitrogens with one attached hydrogen (secondary N) is 1. The normalized spacial score (nSPS) is 25.9. The number of ether oxygens (including phenoxy) is 2. The van der Waals surface area contributed by atoms with Gasteiger partial charge in [-0.2, -0.15) is 0 Å². The highest BCUT2D eigenvalue weighted by Gasteiger charge is 2.29. The van der Waals surface area contributed by atoms with Crippen molar-refractivity contribution in [3.63, 3.8) is 0 Å². The van der Waals surface area contributed by atoms with Gasteiger partial charge in [-0.3, -0.25) is 4.79 Å². The number of carbonyl (C=O) groups is 2. The molecule has 0 spiro atoms. The maximum atomic E-state index is 11.5. The lowest BCUT2D eigenvalue weighted by atomic mass is 9.97. The van der Waals surface area contributed by atoms with E-state index >= 15 is 0 Å². The highest BCUT2D eigenvalue weighted by Crippen LogP contribution is 2.16. The first kappa shape index (κ1) is 12.8. The van der Waals surface area contributed by atoms with E-state index in [0.717, 1.165) is 0 Å². The molecule has 0 aromatic rings. The Morgan fingerprint density at radius 1 is 1.50 bits per heavy atom. The molecule has 0 aromatic carbocycles. The number of alkyl carbamates (subject to hydrolysis) is 1. The maximum absolute atomic E-state index is 11.5. The van der Waals surface area contributed by atoms with Crippen molar-refractivity contribution >= 4 is 12.1 Å². The van der Waals surface area contributed by atoms with Gasteiger partial charge in [0, 0.05) is 0 Å². The Balaban J connectivity index is 2.42. The van der Waals surface area contributed by atoms with Gasteiger partial charge in [-0.05, 0) is 26.7 Å². The third-order valence-corrected chi connectivity index (χ3v) is 2.30. The molecular formula is C11H19NO4. The summed E-state index contributed by atoms with van der Waals surface area (Å²) in [6, 6.07) is -0.160. The van der Waals surface area contributed by atoms with Gasteiger partial charge in [-0.25, -0.2) is 4.79 Å². The number of rotatable bonds is 1. The van der Waals surface area contributed by atoms with E-state index in [4.69, 9.17) is 9.47 Å². The highest BCUT2D eigenvalue weighted by atomic mass is 16.6. The fraction of sp³-hybridized carbons (Fsp3) is 0.818. The summed E-state index contributed by atoms with van der Waals surface area (Å²) in [6.07, 6.45) is -0.136. The molecule has 5 nitrogen and oxygen atoms in total. The lowest BCUT2D eigenvalue weighted by molar-refractivity contribution is -0.150. The van der Waals surface area contributed by atoms with Crippen LogP contribution in [-0.4, -0.2) is 30.3 Å². The summed E-state index contributed by atoms with van der Waals surface area (Å²) >= 11 is 0. The van der Waals surface area contributed by atoms with E-state index in [-0.39, 0.29) is 24.5 Å². The zero-order valence-corrected chi connectivity index (χ0v) is 10.2. The fourth-order valence-corrected chi connectivity index (χ4v) is 1.45. The van der Waals surface area contributed by atoms with Gasteiger partial charge < -0.3 is 14.8 Å². The van der Waals surface area contributed by atoms with Crippen LogP contribution in [0.3, 0.4) is 0 Å². The highest BCUT2D eigenvalue weighted by molar-refractivity contribution is 5.72. The summed E-state index contributed by atoms with van der Waals surface area (Å²) < 4.78 is 10.0. The van der Waals surface area contributed by atoms with Crippen LogP contribution in [-0.2, 0) is 14.3 Å². The molecule has 1 amide bonds. The van der Waals surface area contributed by atoms with E-state index in [9.17, 15) is 9.59 Å². The van der Waals surface area contributed by atoms with E-state index in [1.54, 1.807) is 20.8 Å². The standard InChI is InChI=1S/C11H19NO4/c1-7-5-9(13)15-6-8(7)12-10(14)16-11(2,3)4/h7-8H,5-6H2,1-4H3,(H,12,14)/t7-,8-/m1/s1. The summed E-state index contributed by atoms with van der Waals surface area (Å²) in [6.45, 7) is 7.53. The van der Waals surface area contributed by atoms with Gasteiger partial charge in [-0.1, -0.05) is 6.92 Å². The van der Waals surface area contributed by atoms with Crippen molar-refractivity contribution in [2.75, 3.05) is 6.61 Å². The van der Waals surface area contributed by atoms with Gasteiger partial charge in [0.05, 0.1) is 12.5 Å². The van der Waals surface area contributed by atoms with Gasteiger partial charge >= 0.3 is 12.1 Å². The molecule has 0 bridgehead atoms. The molecule has 5 heteroatoms. The van der Waals surface area contributed by atoms with E-state index < -0.39 is 11.7 Å². The van der Waals surface area contributed by atoms with Crippen molar-refractivity contribution in [1.82, 2.24) is 5.32 Å². The molecule has 0 aromatic heterocycles. The van der Waals surface area contributed by atoms with Crippen molar-refractivity contribution in [2.24, 2.45) is 5.92 Å². The molecular weight excluding hydrogens is 210 g/mol. The van der Waals surface area contributed by atoms with Crippen molar-refractivity contribution in [2.45, 2.75) is 45.8 Å². The molecule has 2 atom stereocenters. The average Bonchev–Trinajstić information content (AvgIpc) is 2.06. The Hall–Kier alpha value is -1.26. The molecule has 1 rings (SSSR count). The number of amides is 1. The minimum Gasteiger partial charge on any atom is -0.463 e. The van der Waals surface area contributed by atoms with Crippen LogP contribution in [0.1, 0.15) is 34.1 Å². The molecule has 1 aliphatic heterocycles. The van der Waals surface area contributed by atoms with E-state index in [2.05, 4.69) is 5.32 Å². The molecule has 1 aliphatic rings. The largest absolute Gasteiger partial charge is 0.463 e. The fourth-order valence-electron chi connectivity index (χ4n) is 1.45. The molecule has 0 unspecified atom stereocenters. The van der Waals surface area contributed by atoms with Crippen LogP contribution < -0.4 is 5.32 Å². The third kappa shape index (κ3) is 4.08. The molecule has 0 aliphatic carbocycles. The second-order valence-corrected chi connectivity index (χ2v) is 5.12. The Morgan fingerprint density at radius 3 is 2.62 bits per heavy atom. The van der Waals surface area contributed by atoms with Crippen LogP contribution in [0.4, 0.5) is 4.79 Å². The zero-order valence-electron chi connectivity index (χ0n) is 10.2. The molecule has 1 saturated heterocycles. The lowest BCUT2D eigenvalue weighted by Gasteiger charge is -2.29. The van der Waals surface area contributed by atoms with E-state index in [1.165, 1.54) is 0 Å². The Morgan fingerprint density at radius 2 is 2.12 bits per heavy atom. The van der Waals surface area contributed by atoms with Gasteiger partial charge in [-0.15, -0.1) is 0 Å². The van der Waals surface area contributed by atoms with E-state index in [1.807, 2.05) is 6.92 Å². The average molecular weight is 229 g/mol. The molecule has 16 heavy (non-hydrogen) atoms. The minimum absolute atomic E-state index is 0.0776. The van der Waals surface area contributed by atoms with Crippen molar-refractivity contribution in [1.29, 1.82) is 0 Å². The molecule has 0 radical (unpaired) electrons. The number of carbonyl (C=O) groups excluding carboxylic acids is 2. The smallest absolute Gasteiger partial charge is 0.408 e. The predicted octanol–water partition coefficient (Wildman–Crippen LogP) is 1.46. The molecule has 1 heterocycles. The number of esters is 1. The second-order valence-electron chi connectivity index (χ2n) is 5.12. The predicted molar refractivity (Wildman–Crippen MR) is 57.9 cm³/mol. The summed E-state index contributed by atoms with van der Waals surface area (Å²) in [4.78, 5) is 22.4. The second kappa shape index (κ2) is 4.72. The van der Waals surface area contributed by atoms with Crippen LogP contribution in [0, 0.1) is 5.92 Å². The zero-order chi connectivity index (χ0) is 12.3. The maximum Gasteiger partial charge on any atom is 0.408 e. The van der Waals surface area contributed by atoms with Crippen LogP contribution in [0.2, 0.25) is 0 Å². The Kier molecular flexibility index (Phi) is 3.78. The lowest BCUT2D eigenvalue weighted by Crippen LogP contribution is -2.48. The first-order valence-electron chi connectivity index (χ1n) is 5.43. The van der Waals surface area contributed by atoms with Gasteiger partial charge in [0.15, 0.2) is 0 Å². The first-order chi connectivity index (χ1) is 7.28.